The first-order chi connectivity index (χ1) is 9.85. The summed E-state index contributed by atoms with van der Waals surface area (Å²) in [5, 5.41) is 8.96. The molecule has 0 unspecified atom stereocenters. The number of aliphatic hydroxyl groups is 1. The Morgan fingerprint density at radius 2 is 1.76 bits per heavy atom. The van der Waals surface area contributed by atoms with Gasteiger partial charge in [0.15, 0.2) is 17.5 Å². The molecule has 0 aliphatic carbocycles. The molecule has 2 N–H and O–H groups in total. The van der Waals surface area contributed by atoms with Gasteiger partial charge in [0.25, 0.3) is 10.0 Å². The molecule has 2 rings (SSSR count). The largest absolute Gasteiger partial charge is 0.392 e. The van der Waals surface area contributed by atoms with Gasteiger partial charge < -0.3 is 5.11 Å². The predicted octanol–water partition coefficient (Wildman–Crippen LogP) is 2.40. The summed E-state index contributed by atoms with van der Waals surface area (Å²) in [6, 6.07) is 6.88. The second-order valence-corrected chi connectivity index (χ2v) is 5.79. The standard InChI is InChI=1S/C13H10F3NO3S/c14-10-4-5-11(13(16)12(10)15)21(19,20)17-9-3-1-2-8(6-9)7-18/h1-6,17-18H,7H2. The van der Waals surface area contributed by atoms with Crippen LogP contribution in [-0.2, 0) is 16.6 Å². The number of hydrogen-bond acceptors (Lipinski definition) is 3. The molecular formula is C13H10F3NO3S. The van der Waals surface area contributed by atoms with Gasteiger partial charge in [0.05, 0.1) is 6.61 Å². The van der Waals surface area contributed by atoms with E-state index in [4.69, 9.17) is 5.11 Å². The number of nitrogens with one attached hydrogen (secondary N) is 1. The molecule has 0 fully saturated rings. The maximum absolute atomic E-state index is 13.5. The van der Waals surface area contributed by atoms with Crippen molar-refractivity contribution in [3.05, 3.63) is 59.4 Å². The van der Waals surface area contributed by atoms with E-state index in [-0.39, 0.29) is 12.3 Å². The Bertz CT molecular complexity index is 778. The van der Waals surface area contributed by atoms with Crippen LogP contribution < -0.4 is 4.72 Å². The molecule has 0 amide bonds. The topological polar surface area (TPSA) is 66.4 Å². The van der Waals surface area contributed by atoms with Crippen LogP contribution in [0.3, 0.4) is 0 Å². The molecule has 4 nitrogen and oxygen atoms in total. The van der Waals surface area contributed by atoms with Crippen molar-refractivity contribution < 1.29 is 26.7 Å². The fourth-order valence-electron chi connectivity index (χ4n) is 1.66. The minimum Gasteiger partial charge on any atom is -0.392 e. The summed E-state index contributed by atoms with van der Waals surface area (Å²) in [6.45, 7) is -0.310. The molecule has 8 heteroatoms. The molecule has 0 atom stereocenters. The van der Waals surface area contributed by atoms with Gasteiger partial charge in [-0.3, -0.25) is 4.72 Å². The van der Waals surface area contributed by atoms with Crippen LogP contribution in [0.25, 0.3) is 0 Å². The average Bonchev–Trinajstić information content (AvgIpc) is 2.44. The molecule has 0 saturated heterocycles. The van der Waals surface area contributed by atoms with Crippen LogP contribution in [0.15, 0.2) is 41.3 Å². The minimum atomic E-state index is -4.42. The molecule has 0 saturated carbocycles. The summed E-state index contributed by atoms with van der Waals surface area (Å²) < 4.78 is 65.4. The van der Waals surface area contributed by atoms with Gasteiger partial charge in [-0.1, -0.05) is 12.1 Å². The zero-order valence-corrected chi connectivity index (χ0v) is 11.3. The number of anilines is 1. The van der Waals surface area contributed by atoms with Crippen molar-refractivity contribution in [2.75, 3.05) is 4.72 Å². The highest BCUT2D eigenvalue weighted by molar-refractivity contribution is 7.92. The van der Waals surface area contributed by atoms with Crippen molar-refractivity contribution >= 4 is 15.7 Å². The Balaban J connectivity index is 2.41. The SMILES string of the molecule is O=S(=O)(Nc1cccc(CO)c1)c1ccc(F)c(F)c1F. The lowest BCUT2D eigenvalue weighted by atomic mass is 10.2. The van der Waals surface area contributed by atoms with Crippen molar-refractivity contribution in [2.45, 2.75) is 11.5 Å². The van der Waals surface area contributed by atoms with Crippen LogP contribution in [-0.4, -0.2) is 13.5 Å². The quantitative estimate of drug-likeness (QED) is 0.851. The normalized spacial score (nSPS) is 11.4. The number of benzene rings is 2. The van der Waals surface area contributed by atoms with E-state index in [1.807, 2.05) is 4.72 Å². The smallest absolute Gasteiger partial charge is 0.264 e. The summed E-state index contributed by atoms with van der Waals surface area (Å²) in [4.78, 5) is -1.00. The fraction of sp³-hybridized carbons (Fsp3) is 0.0769. The number of aliphatic hydroxyl groups excluding tert-OH is 1. The second kappa shape index (κ2) is 5.74. The maximum Gasteiger partial charge on any atom is 0.264 e. The van der Waals surface area contributed by atoms with Gasteiger partial charge in [-0.05, 0) is 29.8 Å². The fourth-order valence-corrected chi connectivity index (χ4v) is 2.78. The van der Waals surface area contributed by atoms with Crippen LogP contribution >= 0.6 is 0 Å². The summed E-state index contributed by atoms with van der Waals surface area (Å²) in [5.41, 5.74) is 0.492. The van der Waals surface area contributed by atoms with Crippen LogP contribution in [0, 0.1) is 17.5 Å². The van der Waals surface area contributed by atoms with Gasteiger partial charge in [0.2, 0.25) is 0 Å². The lowest BCUT2D eigenvalue weighted by Gasteiger charge is -2.10. The second-order valence-electron chi connectivity index (χ2n) is 4.14. The van der Waals surface area contributed by atoms with Crippen molar-refractivity contribution in [2.24, 2.45) is 0 Å². The van der Waals surface area contributed by atoms with E-state index in [2.05, 4.69) is 0 Å². The summed E-state index contributed by atoms with van der Waals surface area (Å²) >= 11 is 0. The van der Waals surface area contributed by atoms with Crippen molar-refractivity contribution in [1.29, 1.82) is 0 Å². The van der Waals surface area contributed by atoms with E-state index in [1.54, 1.807) is 6.07 Å². The molecule has 0 bridgehead atoms. The van der Waals surface area contributed by atoms with Crippen molar-refractivity contribution in [1.82, 2.24) is 0 Å². The van der Waals surface area contributed by atoms with E-state index in [0.29, 0.717) is 17.7 Å². The molecule has 21 heavy (non-hydrogen) atoms. The monoisotopic (exact) mass is 317 g/mol. The molecule has 0 heterocycles. The zero-order chi connectivity index (χ0) is 15.6. The highest BCUT2D eigenvalue weighted by atomic mass is 32.2. The molecule has 2 aromatic carbocycles. The van der Waals surface area contributed by atoms with Gasteiger partial charge >= 0.3 is 0 Å². The lowest BCUT2D eigenvalue weighted by molar-refractivity contribution is 0.282. The van der Waals surface area contributed by atoms with Crippen LogP contribution in [0.5, 0.6) is 0 Å². The molecule has 0 aliphatic heterocycles. The van der Waals surface area contributed by atoms with Crippen LogP contribution in [0.1, 0.15) is 5.56 Å². The Kier molecular flexibility index (Phi) is 4.19. The first-order valence-corrected chi connectivity index (χ1v) is 7.19. The van der Waals surface area contributed by atoms with Crippen molar-refractivity contribution in [3.8, 4) is 0 Å². The Morgan fingerprint density at radius 1 is 1.05 bits per heavy atom. The average molecular weight is 317 g/mol. The molecule has 2 aromatic rings. The van der Waals surface area contributed by atoms with Crippen LogP contribution in [0.2, 0.25) is 0 Å². The Labute approximate surface area is 118 Å². The van der Waals surface area contributed by atoms with Crippen molar-refractivity contribution in [3.63, 3.8) is 0 Å². The third-order valence-electron chi connectivity index (χ3n) is 2.65. The summed E-state index contributed by atoms with van der Waals surface area (Å²) in [5.74, 6) is -5.13. The van der Waals surface area contributed by atoms with E-state index < -0.39 is 32.4 Å². The first-order valence-electron chi connectivity index (χ1n) is 5.71. The minimum absolute atomic E-state index is 0.0608. The number of halogens is 3. The van der Waals surface area contributed by atoms with Gasteiger partial charge in [-0.25, -0.2) is 21.6 Å². The maximum atomic E-state index is 13.5. The molecule has 0 aromatic heterocycles. The molecule has 112 valence electrons. The lowest BCUT2D eigenvalue weighted by Crippen LogP contribution is -2.16. The van der Waals surface area contributed by atoms with Gasteiger partial charge in [0, 0.05) is 5.69 Å². The molecular weight excluding hydrogens is 307 g/mol. The third kappa shape index (κ3) is 3.17. The van der Waals surface area contributed by atoms with E-state index in [9.17, 15) is 21.6 Å². The van der Waals surface area contributed by atoms with Gasteiger partial charge in [-0.2, -0.15) is 0 Å². The summed E-state index contributed by atoms with van der Waals surface area (Å²) in [6.07, 6.45) is 0. The van der Waals surface area contributed by atoms with E-state index >= 15 is 0 Å². The van der Waals surface area contributed by atoms with E-state index in [0.717, 1.165) is 0 Å². The van der Waals surface area contributed by atoms with Gasteiger partial charge in [-0.15, -0.1) is 0 Å². The first kappa shape index (κ1) is 15.3. The summed E-state index contributed by atoms with van der Waals surface area (Å²) in [7, 11) is -4.42. The zero-order valence-electron chi connectivity index (χ0n) is 10.5. The molecule has 0 radical (unpaired) electrons. The number of hydrogen-bond donors (Lipinski definition) is 2. The Hall–Kier alpha value is -2.06. The number of rotatable bonds is 4. The molecule has 0 spiro atoms. The van der Waals surface area contributed by atoms with Gasteiger partial charge in [0.1, 0.15) is 4.90 Å². The highest BCUT2D eigenvalue weighted by Gasteiger charge is 2.24. The predicted molar refractivity (Wildman–Crippen MR) is 69.5 cm³/mol. The highest BCUT2D eigenvalue weighted by Crippen LogP contribution is 2.22. The number of sulfonamides is 1. The third-order valence-corrected chi connectivity index (χ3v) is 4.05. The Morgan fingerprint density at radius 3 is 2.43 bits per heavy atom. The van der Waals surface area contributed by atoms with E-state index in [1.165, 1.54) is 18.2 Å². The van der Waals surface area contributed by atoms with Crippen LogP contribution in [0.4, 0.5) is 18.9 Å². The molecule has 0 aliphatic rings.